The average Bonchev–Trinajstić information content (AvgIpc) is 3.02. The first-order valence-electron chi connectivity index (χ1n) is 7.50. The van der Waals surface area contributed by atoms with Gasteiger partial charge in [0.15, 0.2) is 0 Å². The lowest BCUT2D eigenvalue weighted by atomic mass is 9.97. The Labute approximate surface area is 121 Å². The Bertz CT molecular complexity index is 464. The maximum Gasteiger partial charge on any atom is 0.317 e. The molecule has 1 atom stereocenters. The third-order valence-corrected chi connectivity index (χ3v) is 4.76. The van der Waals surface area contributed by atoms with Crippen LogP contribution in [0.1, 0.15) is 44.6 Å². The lowest BCUT2D eigenvalue weighted by Gasteiger charge is -2.18. The number of nitrogens with one attached hydrogen (secondary N) is 2. The molecule has 0 aliphatic heterocycles. The minimum atomic E-state index is -0.0212. The van der Waals surface area contributed by atoms with E-state index in [2.05, 4.69) is 29.1 Å². The van der Waals surface area contributed by atoms with Gasteiger partial charge in [-0.3, -0.25) is 0 Å². The summed E-state index contributed by atoms with van der Waals surface area (Å²) in [6.45, 7) is 7.76. The van der Waals surface area contributed by atoms with Gasteiger partial charge in [-0.15, -0.1) is 0 Å². The quantitative estimate of drug-likeness (QED) is 0.840. The van der Waals surface area contributed by atoms with E-state index in [4.69, 9.17) is 0 Å². The smallest absolute Gasteiger partial charge is 0.317 e. The van der Waals surface area contributed by atoms with Gasteiger partial charge in [-0.1, -0.05) is 26.7 Å². The van der Waals surface area contributed by atoms with Crippen molar-refractivity contribution >= 4 is 6.03 Å². The summed E-state index contributed by atoms with van der Waals surface area (Å²) in [5.41, 5.74) is 1.51. The number of hydrogen-bond acceptors (Lipinski definition) is 2. The number of carbonyl (C=O) groups excluding carboxylic acids is 1. The second kappa shape index (κ2) is 5.85. The van der Waals surface area contributed by atoms with Crippen molar-refractivity contribution in [3.05, 3.63) is 17.7 Å². The molecule has 2 amide bonds. The highest BCUT2D eigenvalue weighted by Crippen LogP contribution is 2.57. The molecule has 0 radical (unpaired) electrons. The standard InChI is InChI=1S/C15H26N4O/c1-5-15(6-2)7-12(15)9-17-14(20)19(4)10-13-16-8-11(3)18-13/h8,12H,5-7,9-10H2,1-4H3,(H,16,18)(H,17,20)/t12-/m0/s1. The number of aromatic nitrogens is 2. The Balaban J connectivity index is 1.75. The second-order valence-corrected chi connectivity index (χ2v) is 6.03. The van der Waals surface area contributed by atoms with Gasteiger partial charge in [-0.05, 0) is 24.7 Å². The van der Waals surface area contributed by atoms with E-state index in [9.17, 15) is 4.79 Å². The molecule has 2 rings (SSSR count). The van der Waals surface area contributed by atoms with Crippen molar-refractivity contribution in [2.24, 2.45) is 11.3 Å². The van der Waals surface area contributed by atoms with Gasteiger partial charge in [0, 0.05) is 25.5 Å². The summed E-state index contributed by atoms with van der Waals surface area (Å²) in [5, 5.41) is 3.04. The number of hydrogen-bond donors (Lipinski definition) is 2. The molecule has 5 heteroatoms. The van der Waals surface area contributed by atoms with Gasteiger partial charge in [0.2, 0.25) is 0 Å². The molecule has 0 unspecified atom stereocenters. The third kappa shape index (κ3) is 3.14. The van der Waals surface area contributed by atoms with Gasteiger partial charge in [0.25, 0.3) is 0 Å². The molecule has 1 heterocycles. The van der Waals surface area contributed by atoms with E-state index in [-0.39, 0.29) is 6.03 Å². The maximum absolute atomic E-state index is 12.0. The summed E-state index contributed by atoms with van der Waals surface area (Å²) in [6.07, 6.45) is 5.46. The molecule has 1 aromatic rings. The molecule has 1 aromatic heterocycles. The van der Waals surface area contributed by atoms with E-state index < -0.39 is 0 Å². The normalized spacial score (nSPS) is 19.7. The number of nitrogens with zero attached hydrogens (tertiary/aromatic N) is 2. The molecule has 20 heavy (non-hydrogen) atoms. The van der Waals surface area contributed by atoms with Crippen LogP contribution in [0, 0.1) is 18.3 Å². The molecule has 1 saturated carbocycles. The molecule has 1 aliphatic rings. The van der Waals surface area contributed by atoms with Gasteiger partial charge in [-0.2, -0.15) is 0 Å². The van der Waals surface area contributed by atoms with E-state index in [1.54, 1.807) is 18.1 Å². The lowest BCUT2D eigenvalue weighted by Crippen LogP contribution is -2.38. The fraction of sp³-hybridized carbons (Fsp3) is 0.733. The molecule has 1 aliphatic carbocycles. The molecular formula is C15H26N4O. The fourth-order valence-corrected chi connectivity index (χ4v) is 3.03. The first kappa shape index (κ1) is 14.9. The van der Waals surface area contributed by atoms with E-state index in [1.807, 2.05) is 6.92 Å². The summed E-state index contributed by atoms with van der Waals surface area (Å²) in [4.78, 5) is 21.1. The summed E-state index contributed by atoms with van der Waals surface area (Å²) in [7, 11) is 1.80. The van der Waals surface area contributed by atoms with Crippen molar-refractivity contribution in [3.63, 3.8) is 0 Å². The van der Waals surface area contributed by atoms with Crippen molar-refractivity contribution in [1.82, 2.24) is 20.2 Å². The van der Waals surface area contributed by atoms with Crippen LogP contribution >= 0.6 is 0 Å². The van der Waals surface area contributed by atoms with Gasteiger partial charge in [0.05, 0.1) is 6.54 Å². The molecule has 0 aromatic carbocycles. The monoisotopic (exact) mass is 278 g/mol. The average molecular weight is 278 g/mol. The number of aromatic amines is 1. The third-order valence-electron chi connectivity index (χ3n) is 4.76. The zero-order valence-electron chi connectivity index (χ0n) is 13.0. The van der Waals surface area contributed by atoms with Crippen molar-refractivity contribution in [2.75, 3.05) is 13.6 Å². The predicted molar refractivity (Wildman–Crippen MR) is 79.3 cm³/mol. The molecule has 2 N–H and O–H groups in total. The van der Waals surface area contributed by atoms with E-state index in [0.717, 1.165) is 18.1 Å². The molecule has 0 bridgehead atoms. The lowest BCUT2D eigenvalue weighted by molar-refractivity contribution is 0.204. The topological polar surface area (TPSA) is 61.0 Å². The van der Waals surface area contributed by atoms with Gasteiger partial charge in [-0.25, -0.2) is 9.78 Å². The van der Waals surface area contributed by atoms with E-state index in [0.29, 0.717) is 17.9 Å². The maximum atomic E-state index is 12.0. The molecule has 5 nitrogen and oxygen atoms in total. The summed E-state index contributed by atoms with van der Waals surface area (Å²) < 4.78 is 0. The van der Waals surface area contributed by atoms with E-state index >= 15 is 0 Å². The van der Waals surface area contributed by atoms with Crippen LogP contribution in [0.25, 0.3) is 0 Å². The van der Waals surface area contributed by atoms with Crippen LogP contribution in [0.2, 0.25) is 0 Å². The molecule has 1 fully saturated rings. The van der Waals surface area contributed by atoms with Crippen LogP contribution in [0.4, 0.5) is 4.79 Å². The van der Waals surface area contributed by atoms with Crippen molar-refractivity contribution in [2.45, 2.75) is 46.6 Å². The SMILES string of the molecule is CCC1(CC)C[C@H]1CNC(=O)N(C)Cc1ncc(C)[nH]1. The zero-order valence-corrected chi connectivity index (χ0v) is 13.0. The Kier molecular flexibility index (Phi) is 4.35. The number of urea groups is 1. The number of amides is 2. The van der Waals surface area contributed by atoms with Crippen LogP contribution < -0.4 is 5.32 Å². The second-order valence-electron chi connectivity index (χ2n) is 6.03. The number of imidazole rings is 1. The predicted octanol–water partition coefficient (Wildman–Crippen LogP) is 2.69. The summed E-state index contributed by atoms with van der Waals surface area (Å²) >= 11 is 0. The van der Waals surface area contributed by atoms with Crippen LogP contribution in [-0.4, -0.2) is 34.5 Å². The Morgan fingerprint density at radius 2 is 2.25 bits per heavy atom. The minimum absolute atomic E-state index is 0.0212. The first-order chi connectivity index (χ1) is 9.50. The number of H-pyrrole nitrogens is 1. The van der Waals surface area contributed by atoms with Crippen LogP contribution in [0.15, 0.2) is 6.20 Å². The number of carbonyl (C=O) groups is 1. The van der Waals surface area contributed by atoms with Crippen molar-refractivity contribution in [1.29, 1.82) is 0 Å². The molecule has 112 valence electrons. The highest BCUT2D eigenvalue weighted by Gasteiger charge is 2.50. The Morgan fingerprint density at radius 1 is 1.55 bits per heavy atom. The van der Waals surface area contributed by atoms with Crippen molar-refractivity contribution < 1.29 is 4.79 Å². The molecule has 0 saturated heterocycles. The molecule has 0 spiro atoms. The summed E-state index contributed by atoms with van der Waals surface area (Å²) in [6, 6.07) is -0.0212. The Hall–Kier alpha value is -1.52. The number of aryl methyl sites for hydroxylation is 1. The van der Waals surface area contributed by atoms with Crippen LogP contribution in [0.3, 0.4) is 0 Å². The Morgan fingerprint density at radius 3 is 2.75 bits per heavy atom. The first-order valence-corrected chi connectivity index (χ1v) is 7.50. The zero-order chi connectivity index (χ0) is 14.8. The summed E-state index contributed by atoms with van der Waals surface area (Å²) in [5.74, 6) is 1.48. The van der Waals surface area contributed by atoms with Crippen molar-refractivity contribution in [3.8, 4) is 0 Å². The minimum Gasteiger partial charge on any atom is -0.345 e. The van der Waals surface area contributed by atoms with Gasteiger partial charge in [0.1, 0.15) is 5.82 Å². The van der Waals surface area contributed by atoms with Gasteiger partial charge >= 0.3 is 6.03 Å². The van der Waals surface area contributed by atoms with Crippen LogP contribution in [0.5, 0.6) is 0 Å². The largest absolute Gasteiger partial charge is 0.345 e. The van der Waals surface area contributed by atoms with Crippen LogP contribution in [-0.2, 0) is 6.54 Å². The highest BCUT2D eigenvalue weighted by molar-refractivity contribution is 5.73. The number of rotatable bonds is 6. The van der Waals surface area contributed by atoms with E-state index in [1.165, 1.54) is 19.3 Å². The molecular weight excluding hydrogens is 252 g/mol. The highest BCUT2D eigenvalue weighted by atomic mass is 16.2. The fourth-order valence-electron chi connectivity index (χ4n) is 3.03. The van der Waals surface area contributed by atoms with Gasteiger partial charge < -0.3 is 15.2 Å².